The van der Waals surface area contributed by atoms with E-state index >= 15 is 0 Å². The Morgan fingerprint density at radius 1 is 1.38 bits per heavy atom. The first-order valence-corrected chi connectivity index (χ1v) is 9.10. The Labute approximate surface area is 126 Å². The number of nitrogens with zero attached hydrogens (tertiary/aromatic N) is 3. The van der Waals surface area contributed by atoms with E-state index in [-0.39, 0.29) is 16.5 Å². The molecule has 0 saturated carbocycles. The SMILES string of the molecule is CS(=O)(=O)c1cc([N+](=O)[O-])c(N2CCN(CCO)CC2)s1. The standard InChI is InChI=1S/C11H17N3O5S2/c1-21(18,19)10-8-9(14(16)17)11(20-10)13-4-2-12(3-5-13)6-7-15/h8,15H,2-7H2,1H3. The lowest BCUT2D eigenvalue weighted by Crippen LogP contribution is -2.47. The van der Waals surface area contributed by atoms with E-state index in [1.54, 1.807) is 0 Å². The number of β-amino-alcohol motifs (C(OH)–C–C–N with tert-alkyl or cyclic N) is 1. The first-order valence-electron chi connectivity index (χ1n) is 6.39. The minimum atomic E-state index is -3.45. The topological polar surface area (TPSA) is 104 Å². The molecule has 1 fully saturated rings. The van der Waals surface area contributed by atoms with Gasteiger partial charge < -0.3 is 10.0 Å². The van der Waals surface area contributed by atoms with Gasteiger partial charge in [-0.1, -0.05) is 11.3 Å². The van der Waals surface area contributed by atoms with Crippen LogP contribution in [-0.4, -0.2) is 68.9 Å². The third kappa shape index (κ3) is 3.70. The first-order chi connectivity index (χ1) is 9.82. The van der Waals surface area contributed by atoms with Crippen molar-refractivity contribution in [3.8, 4) is 0 Å². The number of hydrogen-bond acceptors (Lipinski definition) is 8. The summed E-state index contributed by atoms with van der Waals surface area (Å²) in [5.74, 6) is 0. The Hall–Kier alpha value is -1.23. The van der Waals surface area contributed by atoms with Crippen LogP contribution in [0.2, 0.25) is 0 Å². The van der Waals surface area contributed by atoms with Crippen molar-refractivity contribution >= 4 is 31.9 Å². The normalized spacial score (nSPS) is 17.1. The molecule has 2 rings (SSSR count). The molecule has 10 heteroatoms. The van der Waals surface area contributed by atoms with Gasteiger partial charge in [0.25, 0.3) is 0 Å². The highest BCUT2D eigenvalue weighted by atomic mass is 32.2. The zero-order valence-corrected chi connectivity index (χ0v) is 13.2. The van der Waals surface area contributed by atoms with Crippen molar-refractivity contribution in [1.82, 2.24) is 4.90 Å². The van der Waals surface area contributed by atoms with Crippen LogP contribution >= 0.6 is 11.3 Å². The second-order valence-electron chi connectivity index (χ2n) is 4.84. The van der Waals surface area contributed by atoms with Crippen LogP contribution in [0.3, 0.4) is 0 Å². The minimum Gasteiger partial charge on any atom is -0.395 e. The van der Waals surface area contributed by atoms with Gasteiger partial charge in [-0.3, -0.25) is 15.0 Å². The highest BCUT2D eigenvalue weighted by Crippen LogP contribution is 2.40. The molecule has 0 atom stereocenters. The zero-order chi connectivity index (χ0) is 15.6. The fourth-order valence-corrected chi connectivity index (χ4v) is 4.29. The number of anilines is 1. The number of rotatable bonds is 5. The molecule has 0 radical (unpaired) electrons. The van der Waals surface area contributed by atoms with E-state index < -0.39 is 14.8 Å². The summed E-state index contributed by atoms with van der Waals surface area (Å²) in [6, 6.07) is 1.13. The van der Waals surface area contributed by atoms with Gasteiger partial charge in [-0.2, -0.15) is 0 Å². The molecule has 0 spiro atoms. The number of aliphatic hydroxyl groups excluding tert-OH is 1. The molecule has 1 aliphatic heterocycles. The van der Waals surface area contributed by atoms with Crippen molar-refractivity contribution in [2.75, 3.05) is 50.5 Å². The number of aliphatic hydroxyl groups is 1. The van der Waals surface area contributed by atoms with Crippen LogP contribution in [0.15, 0.2) is 10.3 Å². The van der Waals surface area contributed by atoms with Crippen LogP contribution in [-0.2, 0) is 9.84 Å². The van der Waals surface area contributed by atoms with Gasteiger partial charge >= 0.3 is 5.69 Å². The second-order valence-corrected chi connectivity index (χ2v) is 8.11. The predicted molar refractivity (Wildman–Crippen MR) is 79.8 cm³/mol. The molecule has 1 N–H and O–H groups in total. The lowest BCUT2D eigenvalue weighted by atomic mass is 10.3. The average molecular weight is 335 g/mol. The van der Waals surface area contributed by atoms with Crippen LogP contribution in [0.1, 0.15) is 0 Å². The van der Waals surface area contributed by atoms with E-state index in [4.69, 9.17) is 5.11 Å². The Bertz CT molecular complexity index is 620. The quantitative estimate of drug-likeness (QED) is 0.604. The number of sulfone groups is 1. The highest BCUT2D eigenvalue weighted by molar-refractivity contribution is 7.92. The maximum absolute atomic E-state index is 11.6. The van der Waals surface area contributed by atoms with Crippen molar-refractivity contribution in [3.63, 3.8) is 0 Å². The van der Waals surface area contributed by atoms with Gasteiger partial charge in [0.05, 0.1) is 11.5 Å². The van der Waals surface area contributed by atoms with Gasteiger partial charge in [-0.25, -0.2) is 8.42 Å². The second kappa shape index (κ2) is 6.26. The molecule has 1 aliphatic rings. The lowest BCUT2D eigenvalue weighted by molar-refractivity contribution is -0.383. The van der Waals surface area contributed by atoms with Crippen LogP contribution in [0.25, 0.3) is 0 Å². The number of thiophene rings is 1. The molecule has 8 nitrogen and oxygen atoms in total. The van der Waals surface area contributed by atoms with Crippen LogP contribution in [0, 0.1) is 10.1 Å². The Morgan fingerprint density at radius 3 is 2.48 bits per heavy atom. The maximum atomic E-state index is 11.6. The Morgan fingerprint density at radius 2 is 2.00 bits per heavy atom. The molecule has 21 heavy (non-hydrogen) atoms. The summed E-state index contributed by atoms with van der Waals surface area (Å²) in [6.07, 6.45) is 1.05. The van der Waals surface area contributed by atoms with Gasteiger partial charge in [0, 0.05) is 45.0 Å². The van der Waals surface area contributed by atoms with E-state index in [2.05, 4.69) is 4.90 Å². The number of hydrogen-bond donors (Lipinski definition) is 1. The lowest BCUT2D eigenvalue weighted by Gasteiger charge is -2.34. The van der Waals surface area contributed by atoms with E-state index in [0.717, 1.165) is 23.7 Å². The molecule has 0 amide bonds. The molecule has 1 aromatic heterocycles. The fourth-order valence-electron chi connectivity index (χ4n) is 2.21. The average Bonchev–Trinajstić information content (AvgIpc) is 2.85. The number of piperazine rings is 1. The molecule has 0 aromatic carbocycles. The zero-order valence-electron chi connectivity index (χ0n) is 11.6. The fraction of sp³-hybridized carbons (Fsp3) is 0.636. The molecule has 118 valence electrons. The summed E-state index contributed by atoms with van der Waals surface area (Å²) in [4.78, 5) is 14.5. The van der Waals surface area contributed by atoms with E-state index in [1.165, 1.54) is 0 Å². The molecule has 0 unspecified atom stereocenters. The van der Waals surface area contributed by atoms with Crippen molar-refractivity contribution in [1.29, 1.82) is 0 Å². The predicted octanol–water partition coefficient (Wildman–Crippen LogP) is 0.174. The minimum absolute atomic E-state index is 0.0157. The van der Waals surface area contributed by atoms with Crippen molar-refractivity contribution in [2.45, 2.75) is 4.21 Å². The van der Waals surface area contributed by atoms with Gasteiger partial charge in [0.1, 0.15) is 4.21 Å². The summed E-state index contributed by atoms with van der Waals surface area (Å²) >= 11 is 0.944. The van der Waals surface area contributed by atoms with Crippen molar-refractivity contribution < 1.29 is 18.4 Å². The summed E-state index contributed by atoms with van der Waals surface area (Å²) in [5, 5.41) is 20.4. The third-order valence-corrected chi connectivity index (χ3v) is 6.30. The van der Waals surface area contributed by atoms with Crippen LogP contribution < -0.4 is 4.90 Å². The summed E-state index contributed by atoms with van der Waals surface area (Å²) in [7, 11) is -3.45. The van der Waals surface area contributed by atoms with Gasteiger partial charge in [-0.15, -0.1) is 0 Å². The maximum Gasteiger partial charge on any atom is 0.305 e. The van der Waals surface area contributed by atoms with Gasteiger partial charge in [0.15, 0.2) is 14.8 Å². The molecular weight excluding hydrogens is 318 g/mol. The highest BCUT2D eigenvalue weighted by Gasteiger charge is 2.29. The number of nitro groups is 1. The van der Waals surface area contributed by atoms with Crippen molar-refractivity contribution in [2.24, 2.45) is 0 Å². The monoisotopic (exact) mass is 335 g/mol. The summed E-state index contributed by atoms with van der Waals surface area (Å²) in [5.41, 5.74) is -0.156. The van der Waals surface area contributed by atoms with E-state index in [1.807, 2.05) is 4.90 Å². The molecule has 0 aliphatic carbocycles. The Kier molecular flexibility index (Phi) is 4.81. The summed E-state index contributed by atoms with van der Waals surface area (Å²) < 4.78 is 23.2. The van der Waals surface area contributed by atoms with Crippen LogP contribution in [0.5, 0.6) is 0 Å². The van der Waals surface area contributed by atoms with Crippen LogP contribution in [0.4, 0.5) is 10.7 Å². The van der Waals surface area contributed by atoms with Crippen molar-refractivity contribution in [3.05, 3.63) is 16.2 Å². The molecule has 1 aromatic rings. The van der Waals surface area contributed by atoms with Gasteiger partial charge in [0.2, 0.25) is 0 Å². The smallest absolute Gasteiger partial charge is 0.305 e. The summed E-state index contributed by atoms with van der Waals surface area (Å²) in [6.45, 7) is 3.18. The van der Waals surface area contributed by atoms with Gasteiger partial charge in [-0.05, 0) is 0 Å². The molecule has 1 saturated heterocycles. The molecule has 0 bridgehead atoms. The van der Waals surface area contributed by atoms with E-state index in [9.17, 15) is 18.5 Å². The molecular formula is C11H17N3O5S2. The largest absolute Gasteiger partial charge is 0.395 e. The third-order valence-electron chi connectivity index (χ3n) is 3.31. The van der Waals surface area contributed by atoms with E-state index in [0.29, 0.717) is 37.7 Å². The molecule has 2 heterocycles. The first kappa shape index (κ1) is 16.1. The Balaban J connectivity index is 2.24.